The Morgan fingerprint density at radius 2 is 1.65 bits per heavy atom. The van der Waals surface area contributed by atoms with E-state index in [4.69, 9.17) is 9.47 Å². The van der Waals surface area contributed by atoms with Gasteiger partial charge in [-0.1, -0.05) is 72.3 Å². The summed E-state index contributed by atoms with van der Waals surface area (Å²) in [6.07, 6.45) is 1.87. The fourth-order valence-corrected chi connectivity index (χ4v) is 3.44. The van der Waals surface area contributed by atoms with Gasteiger partial charge in [-0.15, -0.1) is 0 Å². The van der Waals surface area contributed by atoms with Crippen molar-refractivity contribution in [2.45, 2.75) is 13.5 Å². The van der Waals surface area contributed by atoms with Gasteiger partial charge in [0.25, 0.3) is 0 Å². The molecule has 0 fully saturated rings. The molecule has 0 aliphatic carbocycles. The summed E-state index contributed by atoms with van der Waals surface area (Å²) in [4.78, 5) is 0. The van der Waals surface area contributed by atoms with Gasteiger partial charge in [0.2, 0.25) is 0 Å². The van der Waals surface area contributed by atoms with Gasteiger partial charge in [0.15, 0.2) is 11.5 Å². The molecule has 4 rings (SSSR count). The van der Waals surface area contributed by atoms with Gasteiger partial charge in [0.1, 0.15) is 6.61 Å². The smallest absolute Gasteiger partial charge is 0.161 e. The molecule has 0 aliphatic rings. The van der Waals surface area contributed by atoms with Crippen LogP contribution in [0.5, 0.6) is 11.5 Å². The molecule has 0 heterocycles. The van der Waals surface area contributed by atoms with Gasteiger partial charge >= 0.3 is 0 Å². The van der Waals surface area contributed by atoms with E-state index in [-0.39, 0.29) is 0 Å². The molecule has 0 N–H and O–H groups in total. The van der Waals surface area contributed by atoms with Crippen molar-refractivity contribution in [2.75, 3.05) is 7.11 Å². The number of fused-ring (bicyclic) bond motifs is 1. The van der Waals surface area contributed by atoms with Crippen LogP contribution < -0.4 is 9.47 Å². The predicted octanol–water partition coefficient (Wildman–Crippen LogP) is 6.80. The van der Waals surface area contributed by atoms with Crippen molar-refractivity contribution < 1.29 is 9.47 Å². The van der Waals surface area contributed by atoms with Crippen LogP contribution in [0, 0.1) is 18.3 Å². The number of rotatable bonds is 6. The Morgan fingerprint density at radius 3 is 2.39 bits per heavy atom. The number of ether oxygens (including phenoxy) is 2. The van der Waals surface area contributed by atoms with Crippen molar-refractivity contribution in [3.8, 4) is 17.6 Å². The van der Waals surface area contributed by atoms with Gasteiger partial charge < -0.3 is 9.47 Å². The lowest BCUT2D eigenvalue weighted by atomic mass is 10.00. The van der Waals surface area contributed by atoms with E-state index in [1.165, 1.54) is 5.56 Å². The van der Waals surface area contributed by atoms with Crippen LogP contribution >= 0.6 is 0 Å². The largest absolute Gasteiger partial charge is 0.493 e. The number of hydrogen-bond acceptors (Lipinski definition) is 3. The van der Waals surface area contributed by atoms with E-state index >= 15 is 0 Å². The zero-order valence-electron chi connectivity index (χ0n) is 17.6. The van der Waals surface area contributed by atoms with E-state index in [0.29, 0.717) is 23.7 Å². The minimum absolute atomic E-state index is 0.465. The maximum absolute atomic E-state index is 9.75. The Balaban J connectivity index is 1.58. The monoisotopic (exact) mass is 405 g/mol. The molecule has 3 nitrogen and oxygen atoms in total. The molecule has 0 aliphatic heterocycles. The summed E-state index contributed by atoms with van der Waals surface area (Å²) in [5.41, 5.74) is 4.68. The second-order valence-electron chi connectivity index (χ2n) is 7.42. The summed E-state index contributed by atoms with van der Waals surface area (Å²) < 4.78 is 11.5. The first-order valence-electron chi connectivity index (χ1n) is 10.1. The van der Waals surface area contributed by atoms with Crippen LogP contribution in [0.25, 0.3) is 22.4 Å². The Kier molecular flexibility index (Phi) is 6.01. The second-order valence-corrected chi connectivity index (χ2v) is 7.42. The predicted molar refractivity (Wildman–Crippen MR) is 126 cm³/mol. The Morgan fingerprint density at radius 1 is 0.871 bits per heavy atom. The summed E-state index contributed by atoms with van der Waals surface area (Å²) in [6, 6.07) is 30.5. The van der Waals surface area contributed by atoms with Gasteiger partial charge in [0.05, 0.1) is 18.8 Å². The molecule has 3 heteroatoms. The fourth-order valence-electron chi connectivity index (χ4n) is 3.44. The SMILES string of the molecule is COc1cc(/C=C(/C#N)c2ccc3ccccc3c2)ccc1OCc1ccc(C)cc1. The molecule has 0 saturated heterocycles. The minimum atomic E-state index is 0.465. The van der Waals surface area contributed by atoms with Crippen molar-refractivity contribution in [1.82, 2.24) is 0 Å². The molecule has 0 saturated carbocycles. The van der Waals surface area contributed by atoms with Crippen molar-refractivity contribution in [3.63, 3.8) is 0 Å². The molecule has 152 valence electrons. The highest BCUT2D eigenvalue weighted by molar-refractivity contribution is 5.94. The molecule has 0 atom stereocenters. The van der Waals surface area contributed by atoms with Crippen molar-refractivity contribution in [1.29, 1.82) is 5.26 Å². The number of methoxy groups -OCH3 is 1. The second kappa shape index (κ2) is 9.19. The topological polar surface area (TPSA) is 42.2 Å². The van der Waals surface area contributed by atoms with Crippen molar-refractivity contribution in [2.24, 2.45) is 0 Å². The first-order valence-corrected chi connectivity index (χ1v) is 10.1. The van der Waals surface area contributed by atoms with Gasteiger partial charge in [-0.25, -0.2) is 0 Å². The van der Waals surface area contributed by atoms with Gasteiger partial charge in [0, 0.05) is 0 Å². The summed E-state index contributed by atoms with van der Waals surface area (Å²) in [7, 11) is 1.62. The third-order valence-corrected chi connectivity index (χ3v) is 5.19. The van der Waals surface area contributed by atoms with Crippen LogP contribution in [0.3, 0.4) is 0 Å². The Labute approximate surface area is 182 Å². The molecule has 0 spiro atoms. The lowest BCUT2D eigenvalue weighted by Gasteiger charge is -2.12. The third-order valence-electron chi connectivity index (χ3n) is 5.19. The zero-order valence-corrected chi connectivity index (χ0v) is 17.6. The van der Waals surface area contributed by atoms with Crippen LogP contribution in [0.15, 0.2) is 84.9 Å². The lowest BCUT2D eigenvalue weighted by molar-refractivity contribution is 0.284. The van der Waals surface area contributed by atoms with Crippen LogP contribution in [-0.2, 0) is 6.61 Å². The zero-order chi connectivity index (χ0) is 21.6. The van der Waals surface area contributed by atoms with Crippen LogP contribution in [0.1, 0.15) is 22.3 Å². The lowest BCUT2D eigenvalue weighted by Crippen LogP contribution is -1.98. The number of nitrogens with zero attached hydrogens (tertiary/aromatic N) is 1. The molecule has 4 aromatic rings. The van der Waals surface area contributed by atoms with E-state index in [9.17, 15) is 5.26 Å². The average Bonchev–Trinajstić information content (AvgIpc) is 2.82. The van der Waals surface area contributed by atoms with Gasteiger partial charge in [-0.05, 0) is 58.7 Å². The molecule has 4 aromatic carbocycles. The standard InChI is InChI=1S/C28H23NO2/c1-20-7-9-21(10-8-20)19-31-27-14-11-22(16-28(27)30-2)15-26(18-29)25-13-12-23-5-3-4-6-24(23)17-25/h3-17H,19H2,1-2H3/b26-15-. The fraction of sp³-hybridized carbons (Fsp3) is 0.107. The van der Waals surface area contributed by atoms with Crippen molar-refractivity contribution in [3.05, 3.63) is 107 Å². The summed E-state index contributed by atoms with van der Waals surface area (Å²) in [5.74, 6) is 1.31. The van der Waals surface area contributed by atoms with E-state index in [2.05, 4.69) is 49.4 Å². The summed E-state index contributed by atoms with van der Waals surface area (Å²) >= 11 is 0. The third kappa shape index (κ3) is 4.76. The number of aryl methyl sites for hydroxylation is 1. The first-order chi connectivity index (χ1) is 15.2. The Bertz CT molecular complexity index is 1280. The van der Waals surface area contributed by atoms with Gasteiger partial charge in [-0.3, -0.25) is 0 Å². The molecule has 0 bridgehead atoms. The van der Waals surface area contributed by atoms with Crippen LogP contribution in [0.4, 0.5) is 0 Å². The van der Waals surface area contributed by atoms with E-state index in [1.54, 1.807) is 7.11 Å². The highest BCUT2D eigenvalue weighted by Crippen LogP contribution is 2.31. The summed E-state index contributed by atoms with van der Waals surface area (Å²) in [6.45, 7) is 2.53. The number of nitriles is 1. The molecule has 0 radical (unpaired) electrons. The maximum atomic E-state index is 9.75. The molecular formula is C28H23NO2. The number of benzene rings is 4. The van der Waals surface area contributed by atoms with E-state index in [0.717, 1.165) is 27.5 Å². The molecule has 0 amide bonds. The maximum Gasteiger partial charge on any atom is 0.161 e. The first kappa shape index (κ1) is 20.3. The molecule has 0 aromatic heterocycles. The minimum Gasteiger partial charge on any atom is -0.493 e. The van der Waals surface area contributed by atoms with Crippen LogP contribution in [-0.4, -0.2) is 7.11 Å². The normalized spacial score (nSPS) is 11.2. The number of allylic oxidation sites excluding steroid dienone is 1. The molecule has 0 unspecified atom stereocenters. The average molecular weight is 405 g/mol. The number of hydrogen-bond donors (Lipinski definition) is 0. The Hall–Kier alpha value is -4.03. The van der Waals surface area contributed by atoms with E-state index in [1.807, 2.05) is 54.6 Å². The molecule has 31 heavy (non-hydrogen) atoms. The van der Waals surface area contributed by atoms with E-state index < -0.39 is 0 Å². The highest BCUT2D eigenvalue weighted by Gasteiger charge is 2.08. The molecular weight excluding hydrogens is 382 g/mol. The quantitative estimate of drug-likeness (QED) is 0.262. The highest BCUT2D eigenvalue weighted by atomic mass is 16.5. The van der Waals surface area contributed by atoms with Crippen LogP contribution in [0.2, 0.25) is 0 Å². The van der Waals surface area contributed by atoms with Crippen molar-refractivity contribution >= 4 is 22.4 Å². The summed E-state index contributed by atoms with van der Waals surface area (Å²) in [5, 5.41) is 12.0. The van der Waals surface area contributed by atoms with Gasteiger partial charge in [-0.2, -0.15) is 5.26 Å².